The Morgan fingerprint density at radius 1 is 1.04 bits per heavy atom. The van der Waals surface area contributed by atoms with Crippen LogP contribution in [-0.4, -0.2) is 22.1 Å². The van der Waals surface area contributed by atoms with E-state index in [-0.39, 0.29) is 0 Å². The molecule has 0 unspecified atom stereocenters. The number of aromatic nitrogens is 3. The lowest BCUT2D eigenvalue weighted by molar-refractivity contribution is 0.416. The summed E-state index contributed by atoms with van der Waals surface area (Å²) in [5.74, 6) is 0.908. The Kier molecular flexibility index (Phi) is 4.35. The van der Waals surface area contributed by atoms with Gasteiger partial charge in [0.25, 0.3) is 0 Å². The van der Waals surface area contributed by atoms with Crippen LogP contribution in [-0.2, 0) is 0 Å². The number of methoxy groups -OCH3 is 1. The first-order chi connectivity index (χ1) is 11.0. The van der Waals surface area contributed by atoms with E-state index in [9.17, 15) is 0 Å². The molecule has 0 fully saturated rings. The molecule has 0 spiro atoms. The Labute approximate surface area is 147 Å². The van der Waals surface area contributed by atoms with Crippen LogP contribution in [0.3, 0.4) is 0 Å². The summed E-state index contributed by atoms with van der Waals surface area (Å²) in [6.07, 6.45) is 0. The maximum Gasteiger partial charge on any atom is 0.156 e. The SMILES string of the molecule is COc1ccc(Cl)cc1-c1nnn(-c2ccc(Cl)cc2Cl)c1N. The molecule has 2 N–H and O–H groups in total. The third-order valence-electron chi connectivity index (χ3n) is 3.26. The maximum absolute atomic E-state index is 6.20. The van der Waals surface area contributed by atoms with Crippen LogP contribution in [0, 0.1) is 0 Å². The number of halogens is 3. The summed E-state index contributed by atoms with van der Waals surface area (Å²) < 4.78 is 6.77. The highest BCUT2D eigenvalue weighted by molar-refractivity contribution is 6.35. The zero-order valence-corrected chi connectivity index (χ0v) is 14.2. The van der Waals surface area contributed by atoms with Crippen molar-refractivity contribution in [1.82, 2.24) is 15.0 Å². The van der Waals surface area contributed by atoms with Gasteiger partial charge in [0.1, 0.15) is 11.4 Å². The number of rotatable bonds is 3. The molecule has 0 saturated heterocycles. The van der Waals surface area contributed by atoms with E-state index in [4.69, 9.17) is 45.3 Å². The molecule has 1 heterocycles. The lowest BCUT2D eigenvalue weighted by atomic mass is 10.1. The number of nitrogens with zero attached hydrogens (tertiary/aromatic N) is 3. The van der Waals surface area contributed by atoms with Crippen LogP contribution in [0.15, 0.2) is 36.4 Å². The highest BCUT2D eigenvalue weighted by Gasteiger charge is 2.18. The lowest BCUT2D eigenvalue weighted by Gasteiger charge is -2.08. The average Bonchev–Trinajstić information content (AvgIpc) is 2.89. The second kappa shape index (κ2) is 6.28. The van der Waals surface area contributed by atoms with Crippen molar-refractivity contribution in [3.63, 3.8) is 0 Å². The summed E-state index contributed by atoms with van der Waals surface area (Å²) >= 11 is 18.2. The molecular weight excluding hydrogens is 359 g/mol. The predicted molar refractivity (Wildman–Crippen MR) is 92.8 cm³/mol. The highest BCUT2D eigenvalue weighted by Crippen LogP contribution is 2.36. The Hall–Kier alpha value is -1.95. The fraction of sp³-hybridized carbons (Fsp3) is 0.0667. The lowest BCUT2D eigenvalue weighted by Crippen LogP contribution is -2.03. The van der Waals surface area contributed by atoms with Crippen LogP contribution < -0.4 is 10.5 Å². The molecule has 0 saturated carbocycles. The zero-order chi connectivity index (χ0) is 16.6. The number of anilines is 1. The first-order valence-corrected chi connectivity index (χ1v) is 7.65. The molecular formula is C15H11Cl3N4O. The number of hydrogen-bond donors (Lipinski definition) is 1. The molecule has 0 aliphatic carbocycles. The van der Waals surface area contributed by atoms with Crippen LogP contribution in [0.4, 0.5) is 5.82 Å². The standard InChI is InChI=1S/C15H11Cl3N4O/c1-23-13-5-3-8(16)6-10(13)14-15(19)22(21-20-14)12-4-2-9(17)7-11(12)18/h2-7H,19H2,1H3. The Bertz CT molecular complexity index is 879. The van der Waals surface area contributed by atoms with Crippen molar-refractivity contribution in [1.29, 1.82) is 0 Å². The summed E-state index contributed by atoms with van der Waals surface area (Å²) in [7, 11) is 1.56. The highest BCUT2D eigenvalue weighted by atomic mass is 35.5. The van der Waals surface area contributed by atoms with Crippen molar-refractivity contribution in [3.8, 4) is 22.7 Å². The number of ether oxygens (including phenoxy) is 1. The number of nitrogen functional groups attached to an aromatic ring is 1. The molecule has 8 heteroatoms. The zero-order valence-electron chi connectivity index (χ0n) is 11.9. The van der Waals surface area contributed by atoms with Gasteiger partial charge in [-0.15, -0.1) is 5.10 Å². The summed E-state index contributed by atoms with van der Waals surface area (Å²) in [6.45, 7) is 0. The molecule has 0 aliphatic rings. The van der Waals surface area contributed by atoms with Gasteiger partial charge in [-0.2, -0.15) is 4.68 Å². The predicted octanol–water partition coefficient (Wildman–Crippen LogP) is 4.49. The molecule has 3 aromatic rings. The van der Waals surface area contributed by atoms with Gasteiger partial charge in [-0.05, 0) is 36.4 Å². The number of benzene rings is 2. The molecule has 5 nitrogen and oxygen atoms in total. The van der Waals surface area contributed by atoms with Crippen molar-refractivity contribution in [3.05, 3.63) is 51.5 Å². The Morgan fingerprint density at radius 2 is 1.74 bits per heavy atom. The summed E-state index contributed by atoms with van der Waals surface area (Å²) in [4.78, 5) is 0. The maximum atomic E-state index is 6.20. The third-order valence-corrected chi connectivity index (χ3v) is 4.03. The van der Waals surface area contributed by atoms with E-state index < -0.39 is 0 Å². The minimum absolute atomic E-state index is 0.315. The van der Waals surface area contributed by atoms with Gasteiger partial charge in [-0.3, -0.25) is 0 Å². The van der Waals surface area contributed by atoms with Crippen molar-refractivity contribution in [2.45, 2.75) is 0 Å². The Morgan fingerprint density at radius 3 is 2.43 bits per heavy atom. The normalized spacial score (nSPS) is 10.8. The molecule has 23 heavy (non-hydrogen) atoms. The second-order valence-electron chi connectivity index (χ2n) is 4.68. The van der Waals surface area contributed by atoms with Crippen LogP contribution in [0.5, 0.6) is 5.75 Å². The molecule has 118 valence electrons. The van der Waals surface area contributed by atoms with Gasteiger partial charge < -0.3 is 10.5 Å². The molecule has 2 aromatic carbocycles. The summed E-state index contributed by atoms with van der Waals surface area (Å²) in [5, 5.41) is 9.69. The van der Waals surface area contributed by atoms with Crippen LogP contribution in [0.25, 0.3) is 16.9 Å². The molecule has 0 atom stereocenters. The summed E-state index contributed by atoms with van der Waals surface area (Å²) in [6, 6.07) is 10.2. The fourth-order valence-electron chi connectivity index (χ4n) is 2.18. The van der Waals surface area contributed by atoms with Gasteiger partial charge >= 0.3 is 0 Å². The van der Waals surface area contributed by atoms with E-state index in [0.29, 0.717) is 43.6 Å². The van der Waals surface area contributed by atoms with Crippen molar-refractivity contribution in [2.24, 2.45) is 0 Å². The van der Waals surface area contributed by atoms with Crippen LogP contribution in [0.2, 0.25) is 15.1 Å². The largest absolute Gasteiger partial charge is 0.496 e. The third kappa shape index (κ3) is 2.95. The van der Waals surface area contributed by atoms with Gasteiger partial charge in [0.15, 0.2) is 5.82 Å². The average molecular weight is 370 g/mol. The summed E-state index contributed by atoms with van der Waals surface area (Å²) in [5.41, 5.74) is 7.87. The van der Waals surface area contributed by atoms with Gasteiger partial charge in [0.2, 0.25) is 0 Å². The fourth-order valence-corrected chi connectivity index (χ4v) is 2.84. The van der Waals surface area contributed by atoms with Crippen molar-refractivity contribution < 1.29 is 4.74 Å². The monoisotopic (exact) mass is 368 g/mol. The topological polar surface area (TPSA) is 66.0 Å². The molecule has 0 amide bonds. The van der Waals surface area contributed by atoms with Crippen molar-refractivity contribution in [2.75, 3.05) is 12.8 Å². The van der Waals surface area contributed by atoms with Gasteiger partial charge in [-0.25, -0.2) is 0 Å². The Balaban J connectivity index is 2.15. The first-order valence-electron chi connectivity index (χ1n) is 6.51. The molecule has 0 radical (unpaired) electrons. The second-order valence-corrected chi connectivity index (χ2v) is 5.96. The van der Waals surface area contributed by atoms with Crippen molar-refractivity contribution >= 4 is 40.6 Å². The molecule has 3 rings (SSSR count). The van der Waals surface area contributed by atoms with Gasteiger partial charge in [-0.1, -0.05) is 40.0 Å². The minimum atomic E-state index is 0.315. The molecule has 1 aromatic heterocycles. The number of hydrogen-bond acceptors (Lipinski definition) is 4. The van der Waals surface area contributed by atoms with Crippen LogP contribution >= 0.6 is 34.8 Å². The van der Waals surface area contributed by atoms with Crippen LogP contribution in [0.1, 0.15) is 0 Å². The van der Waals surface area contributed by atoms with E-state index >= 15 is 0 Å². The quantitative estimate of drug-likeness (QED) is 0.739. The first kappa shape index (κ1) is 15.9. The van der Waals surface area contributed by atoms with Gasteiger partial charge in [0, 0.05) is 15.6 Å². The van der Waals surface area contributed by atoms with E-state index in [1.165, 1.54) is 4.68 Å². The van der Waals surface area contributed by atoms with E-state index in [2.05, 4.69) is 10.3 Å². The number of nitrogens with two attached hydrogens (primary N) is 1. The smallest absolute Gasteiger partial charge is 0.156 e. The van der Waals surface area contributed by atoms with E-state index in [1.54, 1.807) is 43.5 Å². The molecule has 0 aliphatic heterocycles. The van der Waals surface area contributed by atoms with E-state index in [0.717, 1.165) is 0 Å². The molecule has 0 bridgehead atoms. The van der Waals surface area contributed by atoms with Gasteiger partial charge in [0.05, 0.1) is 17.8 Å². The minimum Gasteiger partial charge on any atom is -0.496 e. The van der Waals surface area contributed by atoms with E-state index in [1.807, 2.05) is 0 Å².